The van der Waals surface area contributed by atoms with Crippen molar-refractivity contribution in [2.75, 3.05) is 43.6 Å². The molecule has 0 aliphatic rings. The summed E-state index contributed by atoms with van der Waals surface area (Å²) in [6.45, 7) is 7.37. The number of hydrogen-bond acceptors (Lipinski definition) is 6. The van der Waals surface area contributed by atoms with Crippen LogP contribution in [0.25, 0.3) is 11.0 Å². The molecule has 7 heteroatoms. The van der Waals surface area contributed by atoms with Crippen molar-refractivity contribution in [3.63, 3.8) is 0 Å². The number of methoxy groups -OCH3 is 1. The maximum absolute atomic E-state index is 5.16. The summed E-state index contributed by atoms with van der Waals surface area (Å²) in [5.74, 6) is 1.52. The summed E-state index contributed by atoms with van der Waals surface area (Å²) in [7, 11) is 1.70. The van der Waals surface area contributed by atoms with Crippen LogP contribution in [0.4, 0.5) is 11.8 Å². The Balaban J connectivity index is 2.34. The van der Waals surface area contributed by atoms with E-state index in [1.807, 2.05) is 0 Å². The van der Waals surface area contributed by atoms with Gasteiger partial charge in [-0.25, -0.2) is 0 Å². The normalized spacial score (nSPS) is 10.9. The number of nitrogens with one attached hydrogen (secondary N) is 2. The molecule has 0 atom stereocenters. The van der Waals surface area contributed by atoms with Crippen molar-refractivity contribution in [2.24, 2.45) is 0 Å². The molecule has 2 heterocycles. The standard InChI is InChI=1S/C13H22N6O/c1-4-6-14-13-16-11-10(9-15-18-11)12(17-13)19(5-2)7-8-20-3/h9H,4-8H2,1-3H3,(H2,14,15,16,17,18). The van der Waals surface area contributed by atoms with Crippen LogP contribution >= 0.6 is 0 Å². The number of fused-ring (bicyclic) bond motifs is 1. The Labute approximate surface area is 118 Å². The largest absolute Gasteiger partial charge is 0.383 e. The molecule has 0 aliphatic heterocycles. The fourth-order valence-corrected chi connectivity index (χ4v) is 1.99. The van der Waals surface area contributed by atoms with Gasteiger partial charge in [0.2, 0.25) is 5.95 Å². The van der Waals surface area contributed by atoms with Gasteiger partial charge in [0.05, 0.1) is 18.2 Å². The molecule has 0 aromatic carbocycles. The van der Waals surface area contributed by atoms with Crippen LogP contribution in [-0.4, -0.2) is 53.5 Å². The number of H-pyrrole nitrogens is 1. The van der Waals surface area contributed by atoms with Crippen molar-refractivity contribution in [1.29, 1.82) is 0 Å². The summed E-state index contributed by atoms with van der Waals surface area (Å²) >= 11 is 0. The SMILES string of the molecule is CCCNc1nc(N(CC)CCOC)c2cn[nH]c2n1. The highest BCUT2D eigenvalue weighted by Crippen LogP contribution is 2.23. The van der Waals surface area contributed by atoms with E-state index in [4.69, 9.17) is 4.74 Å². The highest BCUT2D eigenvalue weighted by Gasteiger charge is 2.14. The van der Waals surface area contributed by atoms with Gasteiger partial charge >= 0.3 is 0 Å². The lowest BCUT2D eigenvalue weighted by Gasteiger charge is -2.22. The lowest BCUT2D eigenvalue weighted by Crippen LogP contribution is -2.28. The van der Waals surface area contributed by atoms with E-state index in [9.17, 15) is 0 Å². The first-order valence-electron chi connectivity index (χ1n) is 6.99. The molecule has 0 unspecified atom stereocenters. The van der Waals surface area contributed by atoms with Crippen molar-refractivity contribution in [2.45, 2.75) is 20.3 Å². The Morgan fingerprint density at radius 3 is 2.90 bits per heavy atom. The number of anilines is 2. The highest BCUT2D eigenvalue weighted by molar-refractivity contribution is 5.87. The van der Waals surface area contributed by atoms with Crippen molar-refractivity contribution in [1.82, 2.24) is 20.2 Å². The van der Waals surface area contributed by atoms with Gasteiger partial charge in [-0.3, -0.25) is 5.10 Å². The Morgan fingerprint density at radius 1 is 1.35 bits per heavy atom. The molecule has 7 nitrogen and oxygen atoms in total. The van der Waals surface area contributed by atoms with Crippen LogP contribution in [0.15, 0.2) is 6.20 Å². The molecule has 110 valence electrons. The third-order valence-electron chi connectivity index (χ3n) is 3.07. The number of rotatable bonds is 8. The van der Waals surface area contributed by atoms with Crippen LogP contribution in [0.1, 0.15) is 20.3 Å². The maximum atomic E-state index is 5.16. The fraction of sp³-hybridized carbons (Fsp3) is 0.615. The molecule has 0 bridgehead atoms. The van der Waals surface area contributed by atoms with Crippen molar-refractivity contribution >= 4 is 22.8 Å². The van der Waals surface area contributed by atoms with E-state index in [1.165, 1.54) is 0 Å². The zero-order valence-electron chi connectivity index (χ0n) is 12.3. The molecule has 0 spiro atoms. The van der Waals surface area contributed by atoms with E-state index in [0.29, 0.717) is 12.6 Å². The van der Waals surface area contributed by atoms with E-state index >= 15 is 0 Å². The summed E-state index contributed by atoms with van der Waals surface area (Å²) in [6.07, 6.45) is 2.80. The monoisotopic (exact) mass is 278 g/mol. The minimum absolute atomic E-state index is 0.634. The van der Waals surface area contributed by atoms with E-state index in [1.54, 1.807) is 13.3 Å². The smallest absolute Gasteiger partial charge is 0.226 e. The average Bonchev–Trinajstić information content (AvgIpc) is 2.94. The summed E-state index contributed by atoms with van der Waals surface area (Å²) in [6, 6.07) is 0. The van der Waals surface area contributed by atoms with E-state index < -0.39 is 0 Å². The summed E-state index contributed by atoms with van der Waals surface area (Å²) in [5.41, 5.74) is 0.754. The molecule has 0 fully saturated rings. The van der Waals surface area contributed by atoms with E-state index in [2.05, 4.69) is 44.2 Å². The molecule has 0 amide bonds. The minimum Gasteiger partial charge on any atom is -0.383 e. The van der Waals surface area contributed by atoms with Gasteiger partial charge in [-0.15, -0.1) is 0 Å². The molecule has 2 N–H and O–H groups in total. The molecular weight excluding hydrogens is 256 g/mol. The van der Waals surface area contributed by atoms with Gasteiger partial charge in [0, 0.05) is 26.7 Å². The van der Waals surface area contributed by atoms with Gasteiger partial charge in [-0.05, 0) is 13.3 Å². The first-order valence-corrected chi connectivity index (χ1v) is 6.99. The summed E-state index contributed by atoms with van der Waals surface area (Å²) in [4.78, 5) is 11.2. The van der Waals surface area contributed by atoms with Crippen LogP contribution in [0.2, 0.25) is 0 Å². The van der Waals surface area contributed by atoms with Crippen LogP contribution < -0.4 is 10.2 Å². The number of hydrogen-bond donors (Lipinski definition) is 2. The van der Waals surface area contributed by atoms with Gasteiger partial charge in [0.25, 0.3) is 0 Å². The average molecular weight is 278 g/mol. The number of aromatic amines is 1. The number of nitrogens with zero attached hydrogens (tertiary/aromatic N) is 4. The molecule has 20 heavy (non-hydrogen) atoms. The number of aromatic nitrogens is 4. The quantitative estimate of drug-likeness (QED) is 0.764. The number of likely N-dealkylation sites (N-methyl/N-ethyl adjacent to an activating group) is 1. The predicted octanol–water partition coefficient (Wildman–Crippen LogP) is 1.65. The third-order valence-corrected chi connectivity index (χ3v) is 3.07. The van der Waals surface area contributed by atoms with Gasteiger partial charge in [0.15, 0.2) is 5.65 Å². The molecule has 0 saturated heterocycles. The summed E-state index contributed by atoms with van der Waals surface area (Å²) < 4.78 is 5.16. The molecule has 2 aromatic rings. The maximum Gasteiger partial charge on any atom is 0.226 e. The van der Waals surface area contributed by atoms with Crippen LogP contribution in [-0.2, 0) is 4.74 Å². The van der Waals surface area contributed by atoms with Crippen LogP contribution in [0.3, 0.4) is 0 Å². The Hall–Kier alpha value is -1.89. The predicted molar refractivity (Wildman–Crippen MR) is 80.2 cm³/mol. The zero-order valence-corrected chi connectivity index (χ0v) is 12.3. The molecule has 2 aromatic heterocycles. The second-order valence-electron chi connectivity index (χ2n) is 4.50. The van der Waals surface area contributed by atoms with Gasteiger partial charge in [-0.2, -0.15) is 15.1 Å². The Morgan fingerprint density at radius 2 is 2.20 bits per heavy atom. The Bertz CT molecular complexity index is 541. The number of ether oxygens (including phenoxy) is 1. The molecule has 0 radical (unpaired) electrons. The lowest BCUT2D eigenvalue weighted by atomic mass is 10.3. The lowest BCUT2D eigenvalue weighted by molar-refractivity contribution is 0.205. The Kier molecular flexibility index (Phi) is 5.11. The van der Waals surface area contributed by atoms with Crippen LogP contribution in [0.5, 0.6) is 0 Å². The zero-order chi connectivity index (χ0) is 14.4. The topological polar surface area (TPSA) is 79.0 Å². The second-order valence-corrected chi connectivity index (χ2v) is 4.50. The molecule has 0 saturated carbocycles. The van der Waals surface area contributed by atoms with Crippen LogP contribution in [0, 0.1) is 0 Å². The molecular formula is C13H22N6O. The van der Waals surface area contributed by atoms with Crippen molar-refractivity contribution in [3.05, 3.63) is 6.20 Å². The molecule has 0 aliphatic carbocycles. The fourth-order valence-electron chi connectivity index (χ4n) is 1.99. The van der Waals surface area contributed by atoms with E-state index in [-0.39, 0.29) is 0 Å². The summed E-state index contributed by atoms with van der Waals surface area (Å²) in [5, 5.41) is 11.1. The van der Waals surface area contributed by atoms with Crippen molar-refractivity contribution in [3.8, 4) is 0 Å². The minimum atomic E-state index is 0.634. The van der Waals surface area contributed by atoms with Gasteiger partial charge in [0.1, 0.15) is 5.82 Å². The van der Waals surface area contributed by atoms with Crippen molar-refractivity contribution < 1.29 is 4.74 Å². The first-order chi connectivity index (χ1) is 9.80. The highest BCUT2D eigenvalue weighted by atomic mass is 16.5. The van der Waals surface area contributed by atoms with Gasteiger partial charge in [-0.1, -0.05) is 6.92 Å². The third kappa shape index (κ3) is 3.16. The molecule has 2 rings (SSSR count). The van der Waals surface area contributed by atoms with E-state index in [0.717, 1.165) is 42.9 Å². The second kappa shape index (κ2) is 7.04. The van der Waals surface area contributed by atoms with Gasteiger partial charge < -0.3 is 15.0 Å². The first kappa shape index (κ1) is 14.5.